The Bertz CT molecular complexity index is 312. The maximum absolute atomic E-state index is 11.2. The smallest absolute Gasteiger partial charge is 0.289 e. The standard InChI is InChI=1S/C8H8ClN3O/c1-6(9)5-12-8(13)7-10-3-2-4-11-7/h2-4H,1,5H2,(H,12,13). The quantitative estimate of drug-likeness (QED) is 0.785. The molecule has 0 fully saturated rings. The molecule has 0 unspecified atom stereocenters. The largest absolute Gasteiger partial charge is 0.344 e. The van der Waals surface area contributed by atoms with Crippen LogP contribution in [0.2, 0.25) is 0 Å². The van der Waals surface area contributed by atoms with E-state index in [1.165, 1.54) is 12.4 Å². The second kappa shape index (κ2) is 4.57. The maximum atomic E-state index is 11.2. The van der Waals surface area contributed by atoms with Gasteiger partial charge in [0.2, 0.25) is 5.82 Å². The van der Waals surface area contributed by atoms with Crippen molar-refractivity contribution in [2.24, 2.45) is 0 Å². The Labute approximate surface area is 80.7 Å². The summed E-state index contributed by atoms with van der Waals surface area (Å²) in [5, 5.41) is 2.87. The van der Waals surface area contributed by atoms with Gasteiger partial charge in [0.25, 0.3) is 5.91 Å². The van der Waals surface area contributed by atoms with E-state index in [-0.39, 0.29) is 18.3 Å². The lowest BCUT2D eigenvalue weighted by Gasteiger charge is -2.00. The van der Waals surface area contributed by atoms with E-state index in [1.807, 2.05) is 0 Å². The predicted molar refractivity (Wildman–Crippen MR) is 49.4 cm³/mol. The Hall–Kier alpha value is -1.42. The van der Waals surface area contributed by atoms with Crippen LogP contribution >= 0.6 is 11.6 Å². The molecule has 0 atom stereocenters. The highest BCUT2D eigenvalue weighted by Gasteiger charge is 2.06. The van der Waals surface area contributed by atoms with Crippen molar-refractivity contribution in [2.75, 3.05) is 6.54 Å². The van der Waals surface area contributed by atoms with Gasteiger partial charge in [0, 0.05) is 17.4 Å². The fourth-order valence-electron chi connectivity index (χ4n) is 0.672. The van der Waals surface area contributed by atoms with E-state index in [1.54, 1.807) is 6.07 Å². The van der Waals surface area contributed by atoms with E-state index in [2.05, 4.69) is 21.9 Å². The Morgan fingerprint density at radius 3 is 2.69 bits per heavy atom. The molecule has 4 nitrogen and oxygen atoms in total. The molecule has 1 rings (SSSR count). The molecule has 0 bridgehead atoms. The van der Waals surface area contributed by atoms with Gasteiger partial charge in [-0.25, -0.2) is 9.97 Å². The highest BCUT2D eigenvalue weighted by Crippen LogP contribution is 1.93. The first-order valence-electron chi connectivity index (χ1n) is 3.58. The fraction of sp³-hybridized carbons (Fsp3) is 0.125. The molecule has 0 radical (unpaired) electrons. The van der Waals surface area contributed by atoms with E-state index in [0.717, 1.165) is 0 Å². The molecule has 0 aliphatic carbocycles. The summed E-state index contributed by atoms with van der Waals surface area (Å²) in [6.07, 6.45) is 2.99. The van der Waals surface area contributed by atoms with Crippen LogP contribution in [0.1, 0.15) is 10.6 Å². The highest BCUT2D eigenvalue weighted by molar-refractivity contribution is 6.29. The summed E-state index contributed by atoms with van der Waals surface area (Å²) in [4.78, 5) is 18.7. The van der Waals surface area contributed by atoms with Gasteiger partial charge in [-0.05, 0) is 6.07 Å². The summed E-state index contributed by atoms with van der Waals surface area (Å²) >= 11 is 5.46. The van der Waals surface area contributed by atoms with Gasteiger partial charge in [-0.15, -0.1) is 0 Å². The monoisotopic (exact) mass is 197 g/mol. The van der Waals surface area contributed by atoms with Gasteiger partial charge in [0.05, 0.1) is 6.54 Å². The van der Waals surface area contributed by atoms with Crippen molar-refractivity contribution in [3.8, 4) is 0 Å². The molecule has 13 heavy (non-hydrogen) atoms. The van der Waals surface area contributed by atoms with E-state index in [4.69, 9.17) is 11.6 Å². The first-order chi connectivity index (χ1) is 6.20. The van der Waals surface area contributed by atoms with Crippen molar-refractivity contribution >= 4 is 17.5 Å². The van der Waals surface area contributed by atoms with Crippen LogP contribution in [0.5, 0.6) is 0 Å². The summed E-state index contributed by atoms with van der Waals surface area (Å²) in [5.74, 6) is -0.234. The van der Waals surface area contributed by atoms with Gasteiger partial charge < -0.3 is 5.32 Å². The van der Waals surface area contributed by atoms with Gasteiger partial charge in [0.15, 0.2) is 0 Å². The Morgan fingerprint density at radius 1 is 1.54 bits per heavy atom. The predicted octanol–water partition coefficient (Wildman–Crippen LogP) is 0.959. The number of hydrogen-bond acceptors (Lipinski definition) is 3. The third-order valence-electron chi connectivity index (χ3n) is 1.21. The van der Waals surface area contributed by atoms with E-state index >= 15 is 0 Å². The molecule has 0 saturated heterocycles. The summed E-state index contributed by atoms with van der Waals surface area (Å²) < 4.78 is 0. The third-order valence-corrected chi connectivity index (χ3v) is 1.34. The average molecular weight is 198 g/mol. The van der Waals surface area contributed by atoms with Crippen LogP contribution in [-0.4, -0.2) is 22.4 Å². The number of nitrogens with one attached hydrogen (secondary N) is 1. The zero-order valence-electron chi connectivity index (χ0n) is 6.83. The summed E-state index contributed by atoms with van der Waals surface area (Å²) in [6, 6.07) is 1.64. The molecule has 0 saturated carbocycles. The minimum absolute atomic E-state index is 0.125. The molecule has 1 amide bonds. The molecule has 5 heteroatoms. The van der Waals surface area contributed by atoms with E-state index in [0.29, 0.717) is 5.03 Å². The lowest BCUT2D eigenvalue weighted by atomic mass is 10.5. The zero-order valence-corrected chi connectivity index (χ0v) is 7.58. The van der Waals surface area contributed by atoms with Crippen LogP contribution in [0.3, 0.4) is 0 Å². The lowest BCUT2D eigenvalue weighted by Crippen LogP contribution is -2.26. The number of aromatic nitrogens is 2. The summed E-state index contributed by atoms with van der Waals surface area (Å²) in [7, 11) is 0. The van der Waals surface area contributed by atoms with Gasteiger partial charge in [-0.1, -0.05) is 18.2 Å². The number of carbonyl (C=O) groups excluding carboxylic acids is 1. The maximum Gasteiger partial charge on any atom is 0.289 e. The molecular formula is C8H8ClN3O. The molecule has 68 valence electrons. The number of amides is 1. The topological polar surface area (TPSA) is 54.9 Å². The Morgan fingerprint density at radius 2 is 2.15 bits per heavy atom. The molecule has 0 spiro atoms. The van der Waals surface area contributed by atoms with Gasteiger partial charge in [-0.3, -0.25) is 4.79 Å². The van der Waals surface area contributed by atoms with Gasteiger partial charge >= 0.3 is 0 Å². The second-order valence-electron chi connectivity index (χ2n) is 2.27. The van der Waals surface area contributed by atoms with Crippen molar-refractivity contribution in [1.29, 1.82) is 0 Å². The molecular weight excluding hydrogens is 190 g/mol. The van der Waals surface area contributed by atoms with Crippen molar-refractivity contribution in [1.82, 2.24) is 15.3 Å². The SMILES string of the molecule is C=C(Cl)CNC(=O)c1ncccn1. The number of nitrogens with zero attached hydrogens (tertiary/aromatic N) is 2. The molecule has 1 aromatic rings. The minimum atomic E-state index is -0.359. The van der Waals surface area contributed by atoms with Crippen molar-refractivity contribution in [3.63, 3.8) is 0 Å². The number of hydrogen-bond donors (Lipinski definition) is 1. The first-order valence-corrected chi connectivity index (χ1v) is 3.96. The number of carbonyl (C=O) groups is 1. The lowest BCUT2D eigenvalue weighted by molar-refractivity contribution is 0.0947. The normalized spacial score (nSPS) is 9.31. The van der Waals surface area contributed by atoms with Crippen LogP contribution < -0.4 is 5.32 Å². The first kappa shape index (κ1) is 9.67. The van der Waals surface area contributed by atoms with Crippen LogP contribution in [0.4, 0.5) is 0 Å². The summed E-state index contributed by atoms with van der Waals surface area (Å²) in [6.45, 7) is 3.65. The Kier molecular flexibility index (Phi) is 3.40. The van der Waals surface area contributed by atoms with Crippen LogP contribution in [0.15, 0.2) is 30.1 Å². The van der Waals surface area contributed by atoms with Crippen molar-refractivity contribution in [3.05, 3.63) is 35.9 Å². The third kappa shape index (κ3) is 3.21. The second-order valence-corrected chi connectivity index (χ2v) is 2.81. The number of halogens is 1. The van der Waals surface area contributed by atoms with Gasteiger partial charge in [-0.2, -0.15) is 0 Å². The van der Waals surface area contributed by atoms with Crippen molar-refractivity contribution in [2.45, 2.75) is 0 Å². The highest BCUT2D eigenvalue weighted by atomic mass is 35.5. The molecule has 1 N–H and O–H groups in total. The molecule has 0 aromatic carbocycles. The van der Waals surface area contributed by atoms with E-state index < -0.39 is 0 Å². The minimum Gasteiger partial charge on any atom is -0.344 e. The van der Waals surface area contributed by atoms with Gasteiger partial charge in [0.1, 0.15) is 0 Å². The number of rotatable bonds is 3. The fourth-order valence-corrected chi connectivity index (χ4v) is 0.738. The zero-order chi connectivity index (χ0) is 9.68. The molecule has 0 aliphatic heterocycles. The molecule has 1 heterocycles. The molecule has 1 aromatic heterocycles. The van der Waals surface area contributed by atoms with Crippen LogP contribution in [0, 0.1) is 0 Å². The van der Waals surface area contributed by atoms with E-state index in [9.17, 15) is 4.79 Å². The van der Waals surface area contributed by atoms with Crippen molar-refractivity contribution < 1.29 is 4.79 Å². The Balaban J connectivity index is 2.54. The van der Waals surface area contributed by atoms with Crippen LogP contribution in [0.25, 0.3) is 0 Å². The van der Waals surface area contributed by atoms with Crippen LogP contribution in [-0.2, 0) is 0 Å². The molecule has 0 aliphatic rings. The average Bonchev–Trinajstić information content (AvgIpc) is 2.15. The summed E-state index contributed by atoms with van der Waals surface area (Å²) in [5.41, 5.74) is 0.